The molecule has 0 aliphatic rings. The number of methoxy groups -OCH3 is 2. The number of carbonyl (C=O) groups is 1. The van der Waals surface area contributed by atoms with Gasteiger partial charge in [0.15, 0.2) is 5.13 Å². The summed E-state index contributed by atoms with van der Waals surface area (Å²) < 4.78 is 36.1. The first kappa shape index (κ1) is 23.3. The second-order valence-electron chi connectivity index (χ2n) is 6.87. The summed E-state index contributed by atoms with van der Waals surface area (Å²) in [5, 5.41) is 0.480. The Labute approximate surface area is 175 Å². The highest BCUT2D eigenvalue weighted by atomic mass is 32.2. The maximum absolute atomic E-state index is 13.0. The van der Waals surface area contributed by atoms with Crippen LogP contribution in [0.3, 0.4) is 0 Å². The Balaban J connectivity index is 2.43. The number of nitrogens with zero attached hydrogens (tertiary/aromatic N) is 4. The number of hydrogen-bond acceptors (Lipinski definition) is 8. The molecular weight excluding hydrogens is 416 g/mol. The Bertz CT molecular complexity index is 918. The molecule has 2 aromatic rings. The molecule has 1 aromatic heterocycles. The van der Waals surface area contributed by atoms with Crippen molar-refractivity contribution >= 4 is 42.6 Å². The lowest BCUT2D eigenvalue weighted by Gasteiger charge is -2.23. The number of carbonyl (C=O) groups excluding carboxylic acids is 1. The molecule has 0 fully saturated rings. The standard InChI is InChI=1S/C18H28N4O5S2/c1-20(2)10-7-11-22(15(23)12-21(3)29(6,24)25)18-19-16-13(26-4)8-9-14(27-5)17(16)28-18/h8-9H,7,10-12H2,1-6H3. The van der Waals surface area contributed by atoms with Crippen molar-refractivity contribution in [2.75, 3.05) is 66.2 Å². The van der Waals surface area contributed by atoms with Crippen LogP contribution in [0.25, 0.3) is 10.2 Å². The van der Waals surface area contributed by atoms with Gasteiger partial charge in [-0.15, -0.1) is 0 Å². The van der Waals surface area contributed by atoms with Crippen molar-refractivity contribution < 1.29 is 22.7 Å². The number of thiazole rings is 1. The number of aromatic nitrogens is 1. The zero-order valence-corrected chi connectivity index (χ0v) is 19.3. The van der Waals surface area contributed by atoms with Crippen LogP contribution >= 0.6 is 11.3 Å². The first-order chi connectivity index (χ1) is 13.6. The smallest absolute Gasteiger partial charge is 0.244 e. The molecule has 0 saturated heterocycles. The van der Waals surface area contributed by atoms with E-state index in [4.69, 9.17) is 9.47 Å². The Kier molecular flexibility index (Phi) is 7.80. The van der Waals surface area contributed by atoms with Crippen LogP contribution in [0.1, 0.15) is 6.42 Å². The number of ether oxygens (including phenoxy) is 2. The van der Waals surface area contributed by atoms with Crippen LogP contribution in [0.2, 0.25) is 0 Å². The Morgan fingerprint density at radius 1 is 1.10 bits per heavy atom. The van der Waals surface area contributed by atoms with Crippen molar-refractivity contribution in [1.82, 2.24) is 14.2 Å². The summed E-state index contributed by atoms with van der Waals surface area (Å²) in [6.45, 7) is 0.938. The normalized spacial score (nSPS) is 12.0. The van der Waals surface area contributed by atoms with E-state index < -0.39 is 10.0 Å². The minimum Gasteiger partial charge on any atom is -0.495 e. The van der Waals surface area contributed by atoms with E-state index in [1.165, 1.54) is 23.3 Å². The van der Waals surface area contributed by atoms with Crippen molar-refractivity contribution in [3.8, 4) is 11.5 Å². The topological polar surface area (TPSA) is 92.3 Å². The number of benzene rings is 1. The zero-order chi connectivity index (χ0) is 21.8. The molecule has 0 atom stereocenters. The van der Waals surface area contributed by atoms with E-state index in [-0.39, 0.29) is 12.5 Å². The fraction of sp³-hybridized carbons (Fsp3) is 0.556. The van der Waals surface area contributed by atoms with Gasteiger partial charge in [-0.05, 0) is 39.2 Å². The first-order valence-corrected chi connectivity index (χ1v) is 11.6. The van der Waals surface area contributed by atoms with Crippen molar-refractivity contribution in [3.63, 3.8) is 0 Å². The van der Waals surface area contributed by atoms with Gasteiger partial charge in [-0.1, -0.05) is 11.3 Å². The van der Waals surface area contributed by atoms with Gasteiger partial charge in [-0.25, -0.2) is 13.4 Å². The number of sulfonamides is 1. The van der Waals surface area contributed by atoms with Gasteiger partial charge in [-0.3, -0.25) is 9.69 Å². The zero-order valence-electron chi connectivity index (χ0n) is 17.6. The number of rotatable bonds is 10. The van der Waals surface area contributed by atoms with E-state index in [0.717, 1.165) is 21.8 Å². The van der Waals surface area contributed by atoms with Gasteiger partial charge < -0.3 is 14.4 Å². The lowest BCUT2D eigenvalue weighted by molar-refractivity contribution is -0.118. The molecule has 0 aliphatic carbocycles. The third-order valence-corrected chi connectivity index (χ3v) is 6.70. The molecule has 0 radical (unpaired) electrons. The summed E-state index contributed by atoms with van der Waals surface area (Å²) in [7, 11) is 4.95. The van der Waals surface area contributed by atoms with Crippen LogP contribution in [-0.2, 0) is 14.8 Å². The molecule has 0 spiro atoms. The summed E-state index contributed by atoms with van der Waals surface area (Å²) in [4.78, 5) is 21.2. The Morgan fingerprint density at radius 2 is 1.72 bits per heavy atom. The van der Waals surface area contributed by atoms with Crippen LogP contribution in [-0.4, -0.2) is 89.8 Å². The van der Waals surface area contributed by atoms with E-state index in [0.29, 0.717) is 35.1 Å². The van der Waals surface area contributed by atoms with E-state index in [9.17, 15) is 13.2 Å². The number of likely N-dealkylation sites (N-methyl/N-ethyl adjacent to an activating group) is 1. The molecule has 29 heavy (non-hydrogen) atoms. The molecule has 1 heterocycles. The van der Waals surface area contributed by atoms with Gasteiger partial charge in [-0.2, -0.15) is 4.31 Å². The Hall–Kier alpha value is -1.95. The van der Waals surface area contributed by atoms with Gasteiger partial charge >= 0.3 is 0 Å². The second-order valence-corrected chi connectivity index (χ2v) is 9.93. The van der Waals surface area contributed by atoms with E-state index in [2.05, 4.69) is 4.98 Å². The van der Waals surface area contributed by atoms with Gasteiger partial charge in [0.05, 0.1) is 27.0 Å². The molecule has 1 amide bonds. The second kappa shape index (κ2) is 9.70. The number of hydrogen-bond donors (Lipinski definition) is 0. The van der Waals surface area contributed by atoms with Crippen LogP contribution in [0, 0.1) is 0 Å². The average molecular weight is 445 g/mol. The third-order valence-electron chi connectivity index (χ3n) is 4.34. The maximum Gasteiger partial charge on any atom is 0.244 e. The van der Waals surface area contributed by atoms with Crippen molar-refractivity contribution in [3.05, 3.63) is 12.1 Å². The molecule has 2 rings (SSSR count). The monoisotopic (exact) mass is 444 g/mol. The largest absolute Gasteiger partial charge is 0.495 e. The van der Waals surface area contributed by atoms with Gasteiger partial charge in [0.1, 0.15) is 21.7 Å². The number of fused-ring (bicyclic) bond motifs is 1. The molecule has 9 nitrogen and oxygen atoms in total. The quantitative estimate of drug-likeness (QED) is 0.548. The first-order valence-electron chi connectivity index (χ1n) is 8.96. The fourth-order valence-electron chi connectivity index (χ4n) is 2.65. The molecule has 1 aromatic carbocycles. The predicted molar refractivity (Wildman–Crippen MR) is 116 cm³/mol. The predicted octanol–water partition coefficient (Wildman–Crippen LogP) is 1.49. The number of amides is 1. The lowest BCUT2D eigenvalue weighted by Crippen LogP contribution is -2.41. The van der Waals surface area contributed by atoms with Crippen molar-refractivity contribution in [1.29, 1.82) is 0 Å². The highest BCUT2D eigenvalue weighted by molar-refractivity contribution is 7.88. The number of anilines is 1. The highest BCUT2D eigenvalue weighted by Crippen LogP contribution is 2.40. The Morgan fingerprint density at radius 3 is 2.28 bits per heavy atom. The van der Waals surface area contributed by atoms with E-state index >= 15 is 0 Å². The molecule has 162 valence electrons. The summed E-state index contributed by atoms with van der Waals surface area (Å²) in [6, 6.07) is 3.55. The van der Waals surface area contributed by atoms with Gasteiger partial charge in [0.2, 0.25) is 15.9 Å². The molecular formula is C18H28N4O5S2. The minimum absolute atomic E-state index is 0.259. The van der Waals surface area contributed by atoms with Gasteiger partial charge in [0.25, 0.3) is 0 Å². The average Bonchev–Trinajstić information content (AvgIpc) is 3.08. The minimum atomic E-state index is -3.47. The highest BCUT2D eigenvalue weighted by Gasteiger charge is 2.25. The van der Waals surface area contributed by atoms with Crippen molar-refractivity contribution in [2.45, 2.75) is 6.42 Å². The van der Waals surface area contributed by atoms with Crippen LogP contribution < -0.4 is 14.4 Å². The molecule has 0 N–H and O–H groups in total. The fourth-order valence-corrected chi connectivity index (χ4v) is 4.12. The summed E-state index contributed by atoms with van der Waals surface area (Å²) in [6.07, 6.45) is 1.79. The molecule has 0 saturated carbocycles. The van der Waals surface area contributed by atoms with Crippen LogP contribution in [0.5, 0.6) is 11.5 Å². The third kappa shape index (κ3) is 5.78. The van der Waals surface area contributed by atoms with Crippen molar-refractivity contribution in [2.24, 2.45) is 0 Å². The molecule has 0 unspecified atom stereocenters. The molecule has 0 aliphatic heterocycles. The maximum atomic E-state index is 13.0. The van der Waals surface area contributed by atoms with Crippen LogP contribution in [0.4, 0.5) is 5.13 Å². The SMILES string of the molecule is COc1ccc(OC)c2sc(N(CCCN(C)C)C(=O)CN(C)S(C)(=O)=O)nc12. The lowest BCUT2D eigenvalue weighted by atomic mass is 10.3. The summed E-state index contributed by atoms with van der Waals surface area (Å²) in [5.41, 5.74) is 0.605. The summed E-state index contributed by atoms with van der Waals surface area (Å²) in [5.74, 6) is 0.879. The molecule has 0 bridgehead atoms. The van der Waals surface area contributed by atoms with Gasteiger partial charge in [0, 0.05) is 13.6 Å². The van der Waals surface area contributed by atoms with E-state index in [1.54, 1.807) is 26.4 Å². The van der Waals surface area contributed by atoms with E-state index in [1.807, 2.05) is 19.0 Å². The summed E-state index contributed by atoms with van der Waals surface area (Å²) >= 11 is 1.32. The van der Waals surface area contributed by atoms with Crippen LogP contribution in [0.15, 0.2) is 12.1 Å². The molecule has 11 heteroatoms.